The maximum Gasteiger partial charge on any atom is 0.0626 e. The van der Waals surface area contributed by atoms with E-state index in [2.05, 4.69) is 32.9 Å². The lowest BCUT2D eigenvalue weighted by atomic mass is 9.87. The van der Waals surface area contributed by atoms with Crippen LogP contribution in [0.25, 0.3) is 0 Å². The van der Waals surface area contributed by atoms with Crippen LogP contribution < -0.4 is 0 Å². The highest BCUT2D eigenvalue weighted by atomic mass is 14.2. The summed E-state index contributed by atoms with van der Waals surface area (Å²) in [7, 11) is 0. The molecule has 60 valence electrons. The second kappa shape index (κ2) is 2.69. The van der Waals surface area contributed by atoms with Crippen molar-refractivity contribution in [2.75, 3.05) is 0 Å². The monoisotopic (exact) mass is 149 g/mol. The quantitative estimate of drug-likeness (QED) is 0.531. The Morgan fingerprint density at radius 3 is 2.27 bits per heavy atom. The van der Waals surface area contributed by atoms with Crippen LogP contribution in [-0.4, -0.2) is 0 Å². The summed E-state index contributed by atoms with van der Waals surface area (Å²) in [5, 5.41) is 0. The van der Waals surface area contributed by atoms with E-state index in [0.717, 1.165) is 11.1 Å². The van der Waals surface area contributed by atoms with Gasteiger partial charge in [-0.25, -0.2) is 0 Å². The first-order valence-corrected chi connectivity index (χ1v) is 3.99. The summed E-state index contributed by atoms with van der Waals surface area (Å²) in [6.07, 6.45) is 0. The van der Waals surface area contributed by atoms with Crippen LogP contribution in [-0.2, 0) is 5.41 Å². The number of hydrogen-bond donors (Lipinski definition) is 0. The zero-order valence-electron chi connectivity index (χ0n) is 8.73. The maximum atomic E-state index is 7.77. The van der Waals surface area contributed by atoms with Crippen LogP contribution in [0.4, 0.5) is 0 Å². The van der Waals surface area contributed by atoms with Crippen LogP contribution in [0.2, 0.25) is 0 Å². The molecule has 0 nitrogen and oxygen atoms in total. The molecule has 1 aromatic rings. The minimum atomic E-state index is 0.0881. The summed E-state index contributed by atoms with van der Waals surface area (Å²) in [5.74, 6) is 0. The molecule has 0 bridgehead atoms. The van der Waals surface area contributed by atoms with E-state index < -0.39 is 0 Å². The van der Waals surface area contributed by atoms with Gasteiger partial charge in [0.1, 0.15) is 0 Å². The molecule has 0 aliphatic carbocycles. The normalized spacial score (nSPS) is 12.9. The molecular weight excluding hydrogens is 132 g/mol. The van der Waals surface area contributed by atoms with Gasteiger partial charge < -0.3 is 0 Å². The van der Waals surface area contributed by atoms with Crippen molar-refractivity contribution in [3.8, 4) is 0 Å². The third-order valence-electron chi connectivity index (χ3n) is 1.78. The summed E-state index contributed by atoms with van der Waals surface area (Å²) in [6, 6.07) is 6.69. The lowest BCUT2D eigenvalue weighted by molar-refractivity contribution is 0.590. The fourth-order valence-electron chi connectivity index (χ4n) is 0.969. The predicted octanol–water partition coefficient (Wildman–Crippen LogP) is 3.29. The molecule has 0 spiro atoms. The van der Waals surface area contributed by atoms with Gasteiger partial charge in [-0.15, -0.1) is 0 Å². The molecule has 0 N–H and O–H groups in total. The second-order valence-electron chi connectivity index (χ2n) is 4.03. The molecule has 0 amide bonds. The maximum absolute atomic E-state index is 7.77. The molecule has 11 heavy (non-hydrogen) atoms. The van der Waals surface area contributed by atoms with E-state index >= 15 is 0 Å². The molecule has 0 radical (unpaired) electrons. The van der Waals surface area contributed by atoms with E-state index in [9.17, 15) is 0 Å². The molecule has 0 saturated heterocycles. The molecule has 0 atom stereocenters. The fraction of sp³-hybridized carbons (Fsp3) is 0.455. The Kier molecular flexibility index (Phi) is 1.69. The Bertz CT molecular complexity index is 282. The van der Waals surface area contributed by atoms with Gasteiger partial charge in [0.05, 0.1) is 1.37 Å². The van der Waals surface area contributed by atoms with Gasteiger partial charge in [-0.1, -0.05) is 50.6 Å². The number of benzene rings is 1. The molecule has 0 fully saturated rings. The number of aryl methyl sites for hydroxylation is 1. The van der Waals surface area contributed by atoms with Crippen molar-refractivity contribution in [3.05, 3.63) is 35.4 Å². The number of rotatable bonds is 0. The number of hydrogen-bond acceptors (Lipinski definition) is 0. The van der Waals surface area contributed by atoms with Crippen LogP contribution >= 0.6 is 0 Å². The average molecular weight is 149 g/mol. The van der Waals surface area contributed by atoms with Crippen LogP contribution in [0.15, 0.2) is 24.2 Å². The largest absolute Gasteiger partial charge is 0.0626 e. The second-order valence-corrected chi connectivity index (χ2v) is 4.03. The van der Waals surface area contributed by atoms with Crippen molar-refractivity contribution in [1.82, 2.24) is 0 Å². The minimum Gasteiger partial charge on any atom is -0.0590 e. The molecule has 0 aliphatic heterocycles. The van der Waals surface area contributed by atoms with Gasteiger partial charge in [0.2, 0.25) is 0 Å². The summed E-state index contributed by atoms with van der Waals surface area (Å²) < 4.78 is 7.77. The first kappa shape index (κ1) is 6.90. The molecule has 0 saturated carbocycles. The minimum absolute atomic E-state index is 0.0881. The van der Waals surface area contributed by atoms with Crippen LogP contribution in [0.5, 0.6) is 0 Å². The smallest absolute Gasteiger partial charge is 0.0590 e. The van der Waals surface area contributed by atoms with E-state index in [1.807, 2.05) is 13.0 Å². The molecule has 0 heterocycles. The predicted molar refractivity (Wildman–Crippen MR) is 49.9 cm³/mol. The van der Waals surface area contributed by atoms with Gasteiger partial charge in [0.25, 0.3) is 0 Å². The topological polar surface area (TPSA) is 0 Å². The van der Waals surface area contributed by atoms with E-state index in [1.165, 1.54) is 0 Å². The van der Waals surface area contributed by atoms with Gasteiger partial charge in [-0.3, -0.25) is 0 Å². The molecule has 1 rings (SSSR count). The molecule has 0 unspecified atom stereocenters. The van der Waals surface area contributed by atoms with Gasteiger partial charge in [0.15, 0.2) is 0 Å². The highest BCUT2D eigenvalue weighted by Crippen LogP contribution is 2.21. The van der Waals surface area contributed by atoms with Gasteiger partial charge >= 0.3 is 0 Å². The van der Waals surface area contributed by atoms with Crippen molar-refractivity contribution in [3.63, 3.8) is 0 Å². The van der Waals surface area contributed by atoms with Crippen LogP contribution in [0.1, 0.15) is 33.3 Å². The van der Waals surface area contributed by atoms with Crippen molar-refractivity contribution in [2.24, 2.45) is 0 Å². The highest BCUT2D eigenvalue weighted by molar-refractivity contribution is 5.26. The van der Waals surface area contributed by atoms with E-state index in [1.54, 1.807) is 0 Å². The lowest BCUT2D eigenvalue weighted by Gasteiger charge is -2.18. The Hall–Kier alpha value is -0.780. The highest BCUT2D eigenvalue weighted by Gasteiger charge is 2.11. The van der Waals surface area contributed by atoms with Gasteiger partial charge in [0, 0.05) is 0 Å². The fourth-order valence-corrected chi connectivity index (χ4v) is 0.969. The van der Waals surface area contributed by atoms with E-state index in [4.69, 9.17) is 1.37 Å². The summed E-state index contributed by atoms with van der Waals surface area (Å²) >= 11 is 0. The Morgan fingerprint density at radius 2 is 1.82 bits per heavy atom. The molecule has 0 aliphatic rings. The summed E-state index contributed by atoms with van der Waals surface area (Å²) in [6.45, 7) is 8.42. The first-order valence-electron chi connectivity index (χ1n) is 4.49. The molecule has 1 aromatic carbocycles. The van der Waals surface area contributed by atoms with Crippen molar-refractivity contribution < 1.29 is 1.37 Å². The molecule has 0 heteroatoms. The van der Waals surface area contributed by atoms with Crippen LogP contribution in [0, 0.1) is 6.92 Å². The Morgan fingerprint density at radius 1 is 1.18 bits per heavy atom. The third kappa shape index (κ3) is 2.07. The Labute approximate surface area is 70.7 Å². The van der Waals surface area contributed by atoms with Crippen molar-refractivity contribution >= 4 is 0 Å². The molecule has 0 aromatic heterocycles. The first-order chi connectivity index (χ1) is 5.41. The van der Waals surface area contributed by atoms with Crippen molar-refractivity contribution in [2.45, 2.75) is 33.1 Å². The van der Waals surface area contributed by atoms with Gasteiger partial charge in [-0.2, -0.15) is 0 Å². The zero-order chi connectivity index (χ0) is 9.35. The summed E-state index contributed by atoms with van der Waals surface area (Å²) in [4.78, 5) is 0. The van der Waals surface area contributed by atoms with E-state index in [-0.39, 0.29) is 5.41 Å². The lowest BCUT2D eigenvalue weighted by Crippen LogP contribution is -2.10. The SMILES string of the molecule is [2H]c1cc(C)ccc1C(C)(C)C. The third-order valence-corrected chi connectivity index (χ3v) is 1.78. The Balaban J connectivity index is 3.19. The van der Waals surface area contributed by atoms with Crippen LogP contribution in [0.3, 0.4) is 0 Å². The zero-order valence-corrected chi connectivity index (χ0v) is 7.73. The van der Waals surface area contributed by atoms with Crippen molar-refractivity contribution in [1.29, 1.82) is 0 Å². The molecular formula is C11H16. The standard InChI is InChI=1S/C11H16/c1-9-5-7-10(8-6-9)11(2,3)4/h5-8H,1-4H3/i7D. The van der Waals surface area contributed by atoms with Gasteiger partial charge in [-0.05, 0) is 17.9 Å². The summed E-state index contributed by atoms with van der Waals surface area (Å²) in [5.41, 5.74) is 2.37. The van der Waals surface area contributed by atoms with E-state index in [0.29, 0.717) is 6.04 Å². The average Bonchev–Trinajstić information content (AvgIpc) is 1.83.